The van der Waals surface area contributed by atoms with Crippen molar-refractivity contribution in [2.75, 3.05) is 13.2 Å². The van der Waals surface area contributed by atoms with E-state index >= 15 is 0 Å². The molecule has 3 rings (SSSR count). The summed E-state index contributed by atoms with van der Waals surface area (Å²) >= 11 is 0. The van der Waals surface area contributed by atoms with Gasteiger partial charge in [0.15, 0.2) is 0 Å². The minimum atomic E-state index is 0.305. The Labute approximate surface area is 90.2 Å². The number of hydrogen-bond acceptors (Lipinski definition) is 2. The Hall–Kier alpha value is -0.860. The fourth-order valence-corrected chi connectivity index (χ4v) is 2.27. The molecule has 1 aromatic carbocycles. The monoisotopic (exact) mass is 204 g/mol. The molecule has 1 aromatic rings. The molecule has 1 aliphatic heterocycles. The highest BCUT2D eigenvalue weighted by Crippen LogP contribution is 2.32. The van der Waals surface area contributed by atoms with Crippen LogP contribution in [-0.4, -0.2) is 19.3 Å². The van der Waals surface area contributed by atoms with Crippen molar-refractivity contribution in [2.45, 2.75) is 31.5 Å². The molecule has 0 N–H and O–H groups in total. The van der Waals surface area contributed by atoms with Crippen LogP contribution < -0.4 is 0 Å². The largest absolute Gasteiger partial charge is 0.371 e. The SMILES string of the molecule is c1ccc2c(c1)CCCC2OCC1CO1. The Kier molecular flexibility index (Phi) is 2.47. The van der Waals surface area contributed by atoms with Crippen molar-refractivity contribution < 1.29 is 9.47 Å². The summed E-state index contributed by atoms with van der Waals surface area (Å²) in [7, 11) is 0. The van der Waals surface area contributed by atoms with E-state index in [1.807, 2.05) is 0 Å². The Morgan fingerprint density at radius 1 is 1.33 bits per heavy atom. The van der Waals surface area contributed by atoms with Gasteiger partial charge in [-0.1, -0.05) is 24.3 Å². The van der Waals surface area contributed by atoms with Crippen LogP contribution >= 0.6 is 0 Å². The van der Waals surface area contributed by atoms with Crippen LogP contribution in [0.2, 0.25) is 0 Å². The molecule has 1 heterocycles. The van der Waals surface area contributed by atoms with Crippen LogP contribution in [0.1, 0.15) is 30.1 Å². The topological polar surface area (TPSA) is 21.8 Å². The highest BCUT2D eigenvalue weighted by atomic mass is 16.6. The van der Waals surface area contributed by atoms with E-state index in [-0.39, 0.29) is 0 Å². The molecule has 0 radical (unpaired) electrons. The van der Waals surface area contributed by atoms with Crippen molar-refractivity contribution in [2.24, 2.45) is 0 Å². The Morgan fingerprint density at radius 3 is 3.07 bits per heavy atom. The molecule has 80 valence electrons. The number of ether oxygens (including phenoxy) is 2. The first-order valence-corrected chi connectivity index (χ1v) is 5.74. The van der Waals surface area contributed by atoms with Crippen LogP contribution in [0.15, 0.2) is 24.3 Å². The van der Waals surface area contributed by atoms with Gasteiger partial charge in [0.2, 0.25) is 0 Å². The lowest BCUT2D eigenvalue weighted by Gasteiger charge is -2.25. The van der Waals surface area contributed by atoms with Gasteiger partial charge in [0, 0.05) is 0 Å². The predicted molar refractivity (Wildman–Crippen MR) is 57.8 cm³/mol. The maximum Gasteiger partial charge on any atom is 0.104 e. The first kappa shape index (κ1) is 9.37. The van der Waals surface area contributed by atoms with E-state index in [1.165, 1.54) is 24.0 Å². The van der Waals surface area contributed by atoms with Gasteiger partial charge in [-0.15, -0.1) is 0 Å². The second-order valence-electron chi connectivity index (χ2n) is 4.37. The molecule has 2 atom stereocenters. The molecular weight excluding hydrogens is 188 g/mol. The van der Waals surface area contributed by atoms with E-state index < -0.39 is 0 Å². The molecule has 15 heavy (non-hydrogen) atoms. The molecule has 0 aromatic heterocycles. The fraction of sp³-hybridized carbons (Fsp3) is 0.538. The highest BCUT2D eigenvalue weighted by Gasteiger charge is 2.26. The number of fused-ring (bicyclic) bond motifs is 1. The summed E-state index contributed by atoms with van der Waals surface area (Å²) in [4.78, 5) is 0. The number of benzene rings is 1. The van der Waals surface area contributed by atoms with Crippen LogP contribution in [0.5, 0.6) is 0 Å². The summed E-state index contributed by atoms with van der Waals surface area (Å²) in [6, 6.07) is 8.64. The van der Waals surface area contributed by atoms with Gasteiger partial charge < -0.3 is 9.47 Å². The maximum atomic E-state index is 5.91. The number of hydrogen-bond donors (Lipinski definition) is 0. The number of rotatable bonds is 3. The Morgan fingerprint density at radius 2 is 2.20 bits per heavy atom. The zero-order chi connectivity index (χ0) is 10.1. The zero-order valence-electron chi connectivity index (χ0n) is 8.82. The maximum absolute atomic E-state index is 5.91. The van der Waals surface area contributed by atoms with Gasteiger partial charge in [0.05, 0.1) is 19.3 Å². The van der Waals surface area contributed by atoms with E-state index in [1.54, 1.807) is 0 Å². The molecule has 2 unspecified atom stereocenters. The van der Waals surface area contributed by atoms with E-state index in [0.717, 1.165) is 19.6 Å². The third kappa shape index (κ3) is 2.06. The fourth-order valence-electron chi connectivity index (χ4n) is 2.27. The summed E-state index contributed by atoms with van der Waals surface area (Å²) in [6.45, 7) is 1.65. The van der Waals surface area contributed by atoms with Crippen LogP contribution in [0, 0.1) is 0 Å². The Balaban J connectivity index is 1.73. The summed E-state index contributed by atoms with van der Waals surface area (Å²) in [5.41, 5.74) is 2.86. The third-order valence-electron chi connectivity index (χ3n) is 3.20. The first-order valence-electron chi connectivity index (χ1n) is 5.74. The molecule has 0 spiro atoms. The van der Waals surface area contributed by atoms with Crippen molar-refractivity contribution >= 4 is 0 Å². The lowest BCUT2D eigenvalue weighted by molar-refractivity contribution is 0.0310. The van der Waals surface area contributed by atoms with E-state index in [9.17, 15) is 0 Å². The number of epoxide rings is 1. The molecular formula is C13H16O2. The Bertz CT molecular complexity index is 344. The van der Waals surface area contributed by atoms with E-state index in [0.29, 0.717) is 12.2 Å². The van der Waals surface area contributed by atoms with Gasteiger partial charge in [0.1, 0.15) is 6.10 Å². The molecule has 1 fully saturated rings. The second-order valence-corrected chi connectivity index (χ2v) is 4.37. The molecule has 0 amide bonds. The van der Waals surface area contributed by atoms with E-state index in [2.05, 4.69) is 24.3 Å². The summed E-state index contributed by atoms with van der Waals surface area (Å²) in [5.74, 6) is 0. The van der Waals surface area contributed by atoms with Gasteiger partial charge >= 0.3 is 0 Å². The van der Waals surface area contributed by atoms with Crippen molar-refractivity contribution in [3.63, 3.8) is 0 Å². The zero-order valence-corrected chi connectivity index (χ0v) is 8.82. The van der Waals surface area contributed by atoms with Gasteiger partial charge in [-0.2, -0.15) is 0 Å². The molecule has 2 nitrogen and oxygen atoms in total. The average Bonchev–Trinajstić information content (AvgIpc) is 3.10. The lowest BCUT2D eigenvalue weighted by atomic mass is 9.89. The second kappa shape index (κ2) is 3.95. The smallest absolute Gasteiger partial charge is 0.104 e. The van der Waals surface area contributed by atoms with Gasteiger partial charge in [-0.05, 0) is 30.4 Å². The van der Waals surface area contributed by atoms with Crippen LogP contribution in [0.25, 0.3) is 0 Å². The summed E-state index contributed by atoms with van der Waals surface area (Å²) in [5, 5.41) is 0. The average molecular weight is 204 g/mol. The van der Waals surface area contributed by atoms with Crippen molar-refractivity contribution in [3.8, 4) is 0 Å². The van der Waals surface area contributed by atoms with Crippen LogP contribution in [-0.2, 0) is 15.9 Å². The predicted octanol–water partition coefficient (Wildman–Crippen LogP) is 2.48. The summed E-state index contributed by atoms with van der Waals surface area (Å²) in [6.07, 6.45) is 4.28. The van der Waals surface area contributed by atoms with Crippen molar-refractivity contribution in [1.82, 2.24) is 0 Å². The molecule has 0 bridgehead atoms. The summed E-state index contributed by atoms with van der Waals surface area (Å²) < 4.78 is 11.1. The molecule has 2 heteroatoms. The highest BCUT2D eigenvalue weighted by molar-refractivity contribution is 5.31. The molecule has 0 saturated carbocycles. The van der Waals surface area contributed by atoms with Crippen molar-refractivity contribution in [3.05, 3.63) is 35.4 Å². The lowest BCUT2D eigenvalue weighted by Crippen LogP contribution is -2.15. The quantitative estimate of drug-likeness (QED) is 0.705. The minimum Gasteiger partial charge on any atom is -0.371 e. The normalized spacial score (nSPS) is 28.5. The molecule has 1 saturated heterocycles. The van der Waals surface area contributed by atoms with Crippen LogP contribution in [0.4, 0.5) is 0 Å². The first-order chi connectivity index (χ1) is 7.43. The minimum absolute atomic E-state index is 0.305. The van der Waals surface area contributed by atoms with Crippen molar-refractivity contribution in [1.29, 1.82) is 0 Å². The number of aryl methyl sites for hydroxylation is 1. The molecule has 1 aliphatic carbocycles. The van der Waals surface area contributed by atoms with Gasteiger partial charge in [-0.3, -0.25) is 0 Å². The third-order valence-corrected chi connectivity index (χ3v) is 3.20. The van der Waals surface area contributed by atoms with Crippen LogP contribution in [0.3, 0.4) is 0 Å². The van der Waals surface area contributed by atoms with Gasteiger partial charge in [-0.25, -0.2) is 0 Å². The van der Waals surface area contributed by atoms with Gasteiger partial charge in [0.25, 0.3) is 0 Å². The van der Waals surface area contributed by atoms with E-state index in [4.69, 9.17) is 9.47 Å². The standard InChI is InChI=1S/C13H16O2/c1-2-6-12-10(4-1)5-3-7-13(12)15-9-11-8-14-11/h1-2,4,6,11,13H,3,5,7-9H2. The molecule has 2 aliphatic rings.